The van der Waals surface area contributed by atoms with Crippen LogP contribution in [0.1, 0.15) is 6.42 Å². The van der Waals surface area contributed by atoms with Gasteiger partial charge in [-0.3, -0.25) is 4.98 Å². The van der Waals surface area contributed by atoms with Crippen LogP contribution in [0, 0.1) is 0 Å². The highest BCUT2D eigenvalue weighted by Gasteiger charge is 2.15. The molecule has 88 valence electrons. The molecule has 1 aromatic carbocycles. The van der Waals surface area contributed by atoms with Gasteiger partial charge in [0.2, 0.25) is 0 Å². The lowest BCUT2D eigenvalue weighted by Gasteiger charge is -2.12. The quantitative estimate of drug-likeness (QED) is 0.830. The summed E-state index contributed by atoms with van der Waals surface area (Å²) in [5, 5.41) is 13.8. The number of phenols is 1. The van der Waals surface area contributed by atoms with E-state index < -0.39 is 0 Å². The molecule has 1 atom stereocenters. The predicted molar refractivity (Wildman–Crippen MR) is 66.3 cm³/mol. The maximum atomic E-state index is 9.44. The van der Waals surface area contributed by atoms with Gasteiger partial charge in [-0.15, -0.1) is 0 Å². The Morgan fingerprint density at radius 2 is 2.29 bits per heavy atom. The fourth-order valence-electron chi connectivity index (χ4n) is 2.08. The molecular weight excluding hydrogens is 216 g/mol. The van der Waals surface area contributed by atoms with Crippen LogP contribution in [0.15, 0.2) is 30.5 Å². The summed E-state index contributed by atoms with van der Waals surface area (Å²) in [6.07, 6.45) is 2.84. The van der Waals surface area contributed by atoms with Gasteiger partial charge in [-0.25, -0.2) is 0 Å². The molecule has 1 saturated heterocycles. The smallest absolute Gasteiger partial charge is 0.116 e. The van der Waals surface area contributed by atoms with Gasteiger partial charge in [-0.1, -0.05) is 0 Å². The van der Waals surface area contributed by atoms with E-state index >= 15 is 0 Å². The zero-order valence-corrected chi connectivity index (χ0v) is 9.39. The summed E-state index contributed by atoms with van der Waals surface area (Å²) in [4.78, 5) is 4.35. The largest absolute Gasteiger partial charge is 0.508 e. The summed E-state index contributed by atoms with van der Waals surface area (Å²) >= 11 is 0. The molecule has 1 aliphatic heterocycles. The molecular formula is C13H14N2O2. The van der Waals surface area contributed by atoms with E-state index in [1.807, 2.05) is 18.3 Å². The standard InChI is InChI=1S/C13H14N2O2/c16-12-1-2-13-9(6-12)5-11(7-14-13)15-10-3-4-17-8-10/h1-2,5-7,10,15-16H,3-4,8H2/t10-/m0/s1. The van der Waals surface area contributed by atoms with Crippen molar-refractivity contribution in [1.29, 1.82) is 0 Å². The number of anilines is 1. The average molecular weight is 230 g/mol. The van der Waals surface area contributed by atoms with Gasteiger partial charge >= 0.3 is 0 Å². The number of fused-ring (bicyclic) bond motifs is 1. The number of pyridine rings is 1. The third kappa shape index (κ3) is 2.17. The van der Waals surface area contributed by atoms with Crippen LogP contribution in [-0.4, -0.2) is 29.3 Å². The first-order valence-electron chi connectivity index (χ1n) is 5.74. The van der Waals surface area contributed by atoms with E-state index in [0.29, 0.717) is 6.04 Å². The zero-order valence-electron chi connectivity index (χ0n) is 9.39. The minimum atomic E-state index is 0.264. The number of benzene rings is 1. The van der Waals surface area contributed by atoms with Gasteiger partial charge < -0.3 is 15.2 Å². The molecule has 2 N–H and O–H groups in total. The third-order valence-corrected chi connectivity index (χ3v) is 2.97. The average Bonchev–Trinajstić information content (AvgIpc) is 2.81. The van der Waals surface area contributed by atoms with Gasteiger partial charge in [0.1, 0.15) is 5.75 Å². The first kappa shape index (κ1) is 10.4. The molecule has 17 heavy (non-hydrogen) atoms. The molecule has 0 amide bonds. The number of ether oxygens (including phenoxy) is 1. The lowest BCUT2D eigenvalue weighted by molar-refractivity contribution is 0.195. The number of nitrogens with zero attached hydrogens (tertiary/aromatic N) is 1. The minimum Gasteiger partial charge on any atom is -0.508 e. The first-order chi connectivity index (χ1) is 8.31. The lowest BCUT2D eigenvalue weighted by atomic mass is 10.2. The summed E-state index contributed by atoms with van der Waals surface area (Å²) in [7, 11) is 0. The third-order valence-electron chi connectivity index (χ3n) is 2.97. The fourth-order valence-corrected chi connectivity index (χ4v) is 2.08. The highest BCUT2D eigenvalue weighted by molar-refractivity contribution is 5.82. The van der Waals surface area contributed by atoms with Gasteiger partial charge in [0.15, 0.2) is 0 Å². The van der Waals surface area contributed by atoms with E-state index in [9.17, 15) is 5.11 Å². The van der Waals surface area contributed by atoms with Crippen LogP contribution in [0.3, 0.4) is 0 Å². The molecule has 4 nitrogen and oxygen atoms in total. The number of aromatic nitrogens is 1. The molecule has 1 aliphatic rings. The van der Waals surface area contributed by atoms with Crippen LogP contribution in [0.4, 0.5) is 5.69 Å². The number of rotatable bonds is 2. The molecule has 2 aromatic rings. The van der Waals surface area contributed by atoms with E-state index in [-0.39, 0.29) is 5.75 Å². The molecule has 0 radical (unpaired) electrons. The van der Waals surface area contributed by atoms with E-state index in [1.165, 1.54) is 0 Å². The molecule has 0 spiro atoms. The second-order valence-electron chi connectivity index (χ2n) is 4.31. The van der Waals surface area contributed by atoms with Crippen LogP contribution in [-0.2, 0) is 4.74 Å². The van der Waals surface area contributed by atoms with Crippen LogP contribution < -0.4 is 5.32 Å². The monoisotopic (exact) mass is 230 g/mol. The summed E-state index contributed by atoms with van der Waals surface area (Å²) in [6.45, 7) is 1.57. The van der Waals surface area contributed by atoms with Crippen LogP contribution in [0.25, 0.3) is 10.9 Å². The van der Waals surface area contributed by atoms with Crippen molar-refractivity contribution < 1.29 is 9.84 Å². The van der Waals surface area contributed by atoms with Gasteiger partial charge in [0.25, 0.3) is 0 Å². The second-order valence-corrected chi connectivity index (χ2v) is 4.31. The molecule has 0 bridgehead atoms. The van der Waals surface area contributed by atoms with Crippen molar-refractivity contribution in [3.8, 4) is 5.75 Å². The van der Waals surface area contributed by atoms with E-state index in [1.54, 1.807) is 12.1 Å². The van der Waals surface area contributed by atoms with Crippen molar-refractivity contribution in [3.05, 3.63) is 30.5 Å². The van der Waals surface area contributed by atoms with Gasteiger partial charge in [0, 0.05) is 12.0 Å². The molecule has 2 heterocycles. The highest BCUT2D eigenvalue weighted by atomic mass is 16.5. The van der Waals surface area contributed by atoms with E-state index in [4.69, 9.17) is 4.74 Å². The summed E-state index contributed by atoms with van der Waals surface area (Å²) in [5.74, 6) is 0.264. The van der Waals surface area contributed by atoms with Gasteiger partial charge in [-0.2, -0.15) is 0 Å². The summed E-state index contributed by atoms with van der Waals surface area (Å²) in [6, 6.07) is 7.55. The highest BCUT2D eigenvalue weighted by Crippen LogP contribution is 2.22. The van der Waals surface area contributed by atoms with Crippen molar-refractivity contribution in [2.75, 3.05) is 18.5 Å². The predicted octanol–water partition coefficient (Wildman–Crippen LogP) is 2.14. The molecule has 3 rings (SSSR count). The lowest BCUT2D eigenvalue weighted by Crippen LogP contribution is -2.18. The number of hydrogen-bond acceptors (Lipinski definition) is 4. The molecule has 0 aliphatic carbocycles. The summed E-state index contributed by atoms with van der Waals surface area (Å²) in [5.41, 5.74) is 1.86. The minimum absolute atomic E-state index is 0.264. The molecule has 1 aromatic heterocycles. The Kier molecular flexibility index (Phi) is 2.57. The number of hydrogen-bond donors (Lipinski definition) is 2. The van der Waals surface area contributed by atoms with Gasteiger partial charge in [0.05, 0.1) is 30.0 Å². The number of nitrogens with one attached hydrogen (secondary N) is 1. The van der Waals surface area contributed by atoms with Crippen molar-refractivity contribution >= 4 is 16.6 Å². The van der Waals surface area contributed by atoms with E-state index in [0.717, 1.165) is 36.2 Å². The first-order valence-corrected chi connectivity index (χ1v) is 5.74. The second kappa shape index (κ2) is 4.22. The Hall–Kier alpha value is -1.81. The molecule has 1 fully saturated rings. The normalized spacial score (nSPS) is 19.6. The van der Waals surface area contributed by atoms with Crippen molar-refractivity contribution in [1.82, 2.24) is 4.98 Å². The molecule has 0 saturated carbocycles. The number of phenolic OH excluding ortho intramolecular Hbond substituents is 1. The number of aromatic hydroxyl groups is 1. The Morgan fingerprint density at radius 1 is 1.35 bits per heavy atom. The van der Waals surface area contributed by atoms with Crippen LogP contribution >= 0.6 is 0 Å². The molecule has 0 unspecified atom stereocenters. The fraction of sp³-hybridized carbons (Fsp3) is 0.308. The topological polar surface area (TPSA) is 54.4 Å². The Morgan fingerprint density at radius 3 is 3.12 bits per heavy atom. The SMILES string of the molecule is Oc1ccc2ncc(N[C@H]3CCOC3)cc2c1. The Balaban J connectivity index is 1.89. The summed E-state index contributed by atoms with van der Waals surface area (Å²) < 4.78 is 5.31. The van der Waals surface area contributed by atoms with Crippen molar-refractivity contribution in [2.24, 2.45) is 0 Å². The zero-order chi connectivity index (χ0) is 11.7. The van der Waals surface area contributed by atoms with Gasteiger partial charge in [-0.05, 0) is 30.7 Å². The Labute approximate surface area is 99.2 Å². The van der Waals surface area contributed by atoms with Crippen LogP contribution in [0.2, 0.25) is 0 Å². The Bertz CT molecular complexity index is 536. The maximum absolute atomic E-state index is 9.44. The van der Waals surface area contributed by atoms with Crippen molar-refractivity contribution in [3.63, 3.8) is 0 Å². The maximum Gasteiger partial charge on any atom is 0.116 e. The van der Waals surface area contributed by atoms with Crippen molar-refractivity contribution in [2.45, 2.75) is 12.5 Å². The van der Waals surface area contributed by atoms with E-state index in [2.05, 4.69) is 10.3 Å². The van der Waals surface area contributed by atoms with Crippen LogP contribution in [0.5, 0.6) is 5.75 Å². The molecule has 4 heteroatoms.